The van der Waals surface area contributed by atoms with Crippen LogP contribution in [0.1, 0.15) is 38.2 Å². The topological polar surface area (TPSA) is 54.5 Å². The van der Waals surface area contributed by atoms with Gasteiger partial charge in [0.25, 0.3) is 0 Å². The van der Waals surface area contributed by atoms with E-state index in [1.807, 2.05) is 12.3 Å². The molecule has 1 N–H and O–H groups in total. The second-order valence-corrected chi connectivity index (χ2v) is 8.71. The predicted octanol–water partition coefficient (Wildman–Crippen LogP) is 3.69. The fourth-order valence-electron chi connectivity index (χ4n) is 4.78. The molecule has 30 heavy (non-hydrogen) atoms. The molecule has 2 saturated heterocycles. The molecule has 160 valence electrons. The number of nitrogens with one attached hydrogen (secondary N) is 1. The summed E-state index contributed by atoms with van der Waals surface area (Å²) < 4.78 is 5.62. The number of likely N-dealkylation sites (tertiary alicyclic amines) is 1. The molecule has 0 radical (unpaired) electrons. The minimum Gasteiger partial charge on any atom is -0.381 e. The SMILES string of the molecule is CCN1CCC[C@@H](NC(=O)C2(Cc3ccc(-c4cccnc4)cc3)CCOCC2)C1. The number of ether oxygens (including phenoxy) is 1. The van der Waals surface area contributed by atoms with E-state index < -0.39 is 0 Å². The van der Waals surface area contributed by atoms with Gasteiger partial charge in [-0.3, -0.25) is 9.78 Å². The first-order valence-corrected chi connectivity index (χ1v) is 11.3. The summed E-state index contributed by atoms with van der Waals surface area (Å²) in [5.41, 5.74) is 3.10. The molecule has 4 rings (SSSR count). The molecule has 1 amide bonds. The zero-order valence-electron chi connectivity index (χ0n) is 18.0. The molecule has 1 aromatic carbocycles. The summed E-state index contributed by atoms with van der Waals surface area (Å²) in [6.07, 6.45) is 8.24. The molecule has 1 atom stereocenters. The van der Waals surface area contributed by atoms with Crippen molar-refractivity contribution in [3.8, 4) is 11.1 Å². The lowest BCUT2D eigenvalue weighted by Gasteiger charge is -2.39. The number of likely N-dealkylation sites (N-methyl/N-ethyl adjacent to an activating group) is 1. The Morgan fingerprint density at radius 2 is 2.00 bits per heavy atom. The summed E-state index contributed by atoms with van der Waals surface area (Å²) in [6, 6.07) is 12.9. The van der Waals surface area contributed by atoms with Crippen molar-refractivity contribution in [2.24, 2.45) is 5.41 Å². The minimum atomic E-state index is -0.372. The van der Waals surface area contributed by atoms with Crippen molar-refractivity contribution < 1.29 is 9.53 Å². The zero-order chi connectivity index (χ0) is 20.8. The van der Waals surface area contributed by atoms with Gasteiger partial charge in [0.2, 0.25) is 5.91 Å². The van der Waals surface area contributed by atoms with Crippen LogP contribution in [-0.4, -0.2) is 54.7 Å². The number of benzene rings is 1. The molecule has 0 bridgehead atoms. The normalized spacial score (nSPS) is 21.8. The number of carbonyl (C=O) groups is 1. The maximum atomic E-state index is 13.5. The molecular weight excluding hydrogens is 374 g/mol. The number of carbonyl (C=O) groups excluding carboxylic acids is 1. The number of hydrogen-bond acceptors (Lipinski definition) is 4. The van der Waals surface area contributed by atoms with Crippen molar-refractivity contribution in [2.75, 3.05) is 32.8 Å². The average molecular weight is 408 g/mol. The first-order valence-electron chi connectivity index (χ1n) is 11.3. The van der Waals surface area contributed by atoms with Crippen molar-refractivity contribution >= 4 is 5.91 Å². The number of piperidine rings is 1. The monoisotopic (exact) mass is 407 g/mol. The quantitative estimate of drug-likeness (QED) is 0.794. The van der Waals surface area contributed by atoms with E-state index in [2.05, 4.69) is 52.5 Å². The highest BCUT2D eigenvalue weighted by molar-refractivity contribution is 5.83. The van der Waals surface area contributed by atoms with Gasteiger partial charge in [-0.2, -0.15) is 0 Å². The molecule has 2 aliphatic heterocycles. The number of pyridine rings is 1. The number of rotatable bonds is 6. The van der Waals surface area contributed by atoms with Crippen LogP contribution in [0.2, 0.25) is 0 Å². The van der Waals surface area contributed by atoms with Crippen LogP contribution in [0.3, 0.4) is 0 Å². The van der Waals surface area contributed by atoms with Crippen LogP contribution in [0.4, 0.5) is 0 Å². The van der Waals surface area contributed by atoms with Crippen LogP contribution >= 0.6 is 0 Å². The van der Waals surface area contributed by atoms with E-state index in [1.54, 1.807) is 6.20 Å². The second kappa shape index (κ2) is 9.71. The van der Waals surface area contributed by atoms with E-state index in [-0.39, 0.29) is 17.4 Å². The largest absolute Gasteiger partial charge is 0.381 e. The van der Waals surface area contributed by atoms with Crippen LogP contribution in [0.5, 0.6) is 0 Å². The number of nitrogens with zero attached hydrogens (tertiary/aromatic N) is 2. The van der Waals surface area contributed by atoms with Crippen molar-refractivity contribution in [3.63, 3.8) is 0 Å². The van der Waals surface area contributed by atoms with E-state index in [4.69, 9.17) is 4.74 Å². The van der Waals surface area contributed by atoms with Crippen molar-refractivity contribution in [1.82, 2.24) is 15.2 Å². The smallest absolute Gasteiger partial charge is 0.226 e. The third-order valence-electron chi connectivity index (χ3n) is 6.71. The van der Waals surface area contributed by atoms with E-state index in [9.17, 15) is 4.79 Å². The number of aromatic nitrogens is 1. The Labute approximate surface area is 179 Å². The maximum Gasteiger partial charge on any atom is 0.226 e. The molecule has 5 heteroatoms. The molecule has 1 aromatic heterocycles. The second-order valence-electron chi connectivity index (χ2n) is 8.71. The summed E-state index contributed by atoms with van der Waals surface area (Å²) in [4.78, 5) is 20.1. The van der Waals surface area contributed by atoms with Gasteiger partial charge in [0.15, 0.2) is 0 Å². The molecule has 2 aromatic rings. The van der Waals surface area contributed by atoms with Crippen LogP contribution in [0.15, 0.2) is 48.8 Å². The van der Waals surface area contributed by atoms with Gasteiger partial charge in [0.05, 0.1) is 5.41 Å². The van der Waals surface area contributed by atoms with Gasteiger partial charge in [-0.15, -0.1) is 0 Å². The van der Waals surface area contributed by atoms with Crippen LogP contribution in [0.25, 0.3) is 11.1 Å². The molecule has 0 spiro atoms. The lowest BCUT2D eigenvalue weighted by Crippen LogP contribution is -2.53. The lowest BCUT2D eigenvalue weighted by atomic mass is 9.74. The summed E-state index contributed by atoms with van der Waals surface area (Å²) in [7, 11) is 0. The molecule has 0 unspecified atom stereocenters. The fourth-order valence-corrected chi connectivity index (χ4v) is 4.78. The third-order valence-corrected chi connectivity index (χ3v) is 6.71. The van der Waals surface area contributed by atoms with Gasteiger partial charge in [-0.05, 0) is 68.0 Å². The average Bonchev–Trinajstić information content (AvgIpc) is 2.81. The Kier molecular flexibility index (Phi) is 6.80. The van der Waals surface area contributed by atoms with Crippen molar-refractivity contribution in [2.45, 2.75) is 45.1 Å². The molecule has 0 saturated carbocycles. The Morgan fingerprint density at radius 3 is 2.70 bits per heavy atom. The third kappa shape index (κ3) is 4.90. The van der Waals surface area contributed by atoms with Crippen molar-refractivity contribution in [1.29, 1.82) is 0 Å². The molecule has 2 aliphatic rings. The van der Waals surface area contributed by atoms with Gasteiger partial charge in [0, 0.05) is 38.2 Å². The maximum absolute atomic E-state index is 13.5. The minimum absolute atomic E-state index is 0.213. The molecule has 3 heterocycles. The summed E-state index contributed by atoms with van der Waals surface area (Å²) in [5.74, 6) is 0.213. The Hall–Kier alpha value is -2.24. The predicted molar refractivity (Wildman–Crippen MR) is 119 cm³/mol. The molecule has 5 nitrogen and oxygen atoms in total. The van der Waals surface area contributed by atoms with E-state index in [0.29, 0.717) is 13.2 Å². The molecule has 2 fully saturated rings. The molecule has 0 aliphatic carbocycles. The van der Waals surface area contributed by atoms with Crippen LogP contribution in [0, 0.1) is 5.41 Å². The highest BCUT2D eigenvalue weighted by atomic mass is 16.5. The van der Waals surface area contributed by atoms with E-state index >= 15 is 0 Å². The number of hydrogen-bond donors (Lipinski definition) is 1. The van der Waals surface area contributed by atoms with Gasteiger partial charge in [-0.25, -0.2) is 0 Å². The molecular formula is C25H33N3O2. The number of amides is 1. The van der Waals surface area contributed by atoms with Crippen molar-refractivity contribution in [3.05, 3.63) is 54.4 Å². The lowest BCUT2D eigenvalue weighted by molar-refractivity contribution is -0.137. The van der Waals surface area contributed by atoms with Gasteiger partial charge in [-0.1, -0.05) is 37.3 Å². The first-order chi connectivity index (χ1) is 14.7. The highest BCUT2D eigenvalue weighted by Gasteiger charge is 2.41. The fraction of sp³-hybridized carbons (Fsp3) is 0.520. The Balaban J connectivity index is 1.47. The van der Waals surface area contributed by atoms with Gasteiger partial charge >= 0.3 is 0 Å². The zero-order valence-corrected chi connectivity index (χ0v) is 18.0. The summed E-state index contributed by atoms with van der Waals surface area (Å²) in [6.45, 7) is 6.67. The van der Waals surface area contributed by atoms with E-state index in [1.165, 1.54) is 5.56 Å². The van der Waals surface area contributed by atoms with Crippen LogP contribution < -0.4 is 5.32 Å². The Morgan fingerprint density at radius 1 is 1.20 bits per heavy atom. The van der Waals surface area contributed by atoms with Gasteiger partial charge in [0.1, 0.15) is 0 Å². The highest BCUT2D eigenvalue weighted by Crippen LogP contribution is 2.35. The summed E-state index contributed by atoms with van der Waals surface area (Å²) in [5, 5.41) is 3.41. The Bertz CT molecular complexity index is 816. The standard InChI is InChI=1S/C25H33N3O2/c1-2-28-14-4-6-23(19-28)27-24(29)25(11-15-30-16-12-25)17-20-7-9-21(10-8-20)22-5-3-13-26-18-22/h3,5,7-10,13,18,23H,2,4,6,11-12,14-17,19H2,1H3,(H,27,29)/t23-/m1/s1. The first kappa shape index (κ1) is 21.0. The summed E-state index contributed by atoms with van der Waals surface area (Å²) >= 11 is 0. The van der Waals surface area contributed by atoms with Crippen LogP contribution in [-0.2, 0) is 16.0 Å². The van der Waals surface area contributed by atoms with E-state index in [0.717, 1.165) is 62.9 Å². The van der Waals surface area contributed by atoms with Gasteiger partial charge < -0.3 is 15.0 Å².